The van der Waals surface area contributed by atoms with Crippen LogP contribution in [0.3, 0.4) is 0 Å². The maximum atomic E-state index is 12.0. The topological polar surface area (TPSA) is 47.6 Å². The monoisotopic (exact) mass is 309 g/mol. The van der Waals surface area contributed by atoms with Gasteiger partial charge in [-0.25, -0.2) is 0 Å². The van der Waals surface area contributed by atoms with Gasteiger partial charge in [-0.3, -0.25) is 4.79 Å². The van der Waals surface area contributed by atoms with Gasteiger partial charge in [0.1, 0.15) is 5.75 Å². The highest BCUT2D eigenvalue weighted by molar-refractivity contribution is 6.31. The Kier molecular flexibility index (Phi) is 4.66. The molecule has 1 N–H and O–H groups in total. The number of benzene rings is 1. The molecule has 1 amide bonds. The number of ether oxygens (including phenoxy) is 2. The second-order valence-electron chi connectivity index (χ2n) is 5.88. The normalized spacial score (nSPS) is 21.3. The minimum Gasteiger partial charge on any atom is -0.491 e. The highest BCUT2D eigenvalue weighted by Crippen LogP contribution is 2.34. The third-order valence-electron chi connectivity index (χ3n) is 3.89. The van der Waals surface area contributed by atoms with Crippen LogP contribution in [0.1, 0.15) is 25.7 Å². The summed E-state index contributed by atoms with van der Waals surface area (Å²) in [6, 6.07) is 5.33. The average Bonchev–Trinajstić information content (AvgIpc) is 3.10. The van der Waals surface area contributed by atoms with Gasteiger partial charge in [-0.1, -0.05) is 11.6 Å². The van der Waals surface area contributed by atoms with Gasteiger partial charge >= 0.3 is 0 Å². The van der Waals surface area contributed by atoms with Gasteiger partial charge in [0.2, 0.25) is 5.91 Å². The van der Waals surface area contributed by atoms with Crippen LogP contribution >= 0.6 is 11.6 Å². The van der Waals surface area contributed by atoms with Crippen molar-refractivity contribution in [1.82, 2.24) is 0 Å². The van der Waals surface area contributed by atoms with E-state index in [1.165, 1.54) is 0 Å². The van der Waals surface area contributed by atoms with E-state index in [-0.39, 0.29) is 5.91 Å². The zero-order chi connectivity index (χ0) is 14.7. The number of amides is 1. The molecule has 0 radical (unpaired) electrons. The number of hydrogen-bond acceptors (Lipinski definition) is 3. The molecule has 1 atom stereocenters. The molecule has 5 heteroatoms. The lowest BCUT2D eigenvalue weighted by molar-refractivity contribution is -0.116. The standard InChI is InChI=1S/C16H20ClNO3/c17-13-3-4-15(21-10-12-5-6-20-9-12)14(8-13)18-16(19)7-11-1-2-11/h3-4,8,11-12H,1-2,5-7,9-10H2,(H,18,19)/t12-/m0/s1. The average molecular weight is 310 g/mol. The summed E-state index contributed by atoms with van der Waals surface area (Å²) in [6.07, 6.45) is 3.93. The third kappa shape index (κ3) is 4.35. The fourth-order valence-electron chi connectivity index (χ4n) is 2.43. The van der Waals surface area contributed by atoms with E-state index < -0.39 is 0 Å². The summed E-state index contributed by atoms with van der Waals surface area (Å²) in [7, 11) is 0. The quantitative estimate of drug-likeness (QED) is 0.875. The molecule has 1 aromatic carbocycles. The first-order valence-electron chi connectivity index (χ1n) is 7.50. The first kappa shape index (κ1) is 14.7. The lowest BCUT2D eigenvalue weighted by atomic mass is 10.1. The summed E-state index contributed by atoms with van der Waals surface area (Å²) in [5, 5.41) is 3.51. The number of rotatable bonds is 6. The number of nitrogens with one attached hydrogen (secondary N) is 1. The molecule has 1 aromatic rings. The first-order valence-corrected chi connectivity index (χ1v) is 7.88. The Balaban J connectivity index is 1.61. The van der Waals surface area contributed by atoms with Crippen LogP contribution in [-0.2, 0) is 9.53 Å². The molecule has 1 saturated heterocycles. The molecule has 21 heavy (non-hydrogen) atoms. The Hall–Kier alpha value is -1.26. The van der Waals surface area contributed by atoms with Crippen LogP contribution in [0.5, 0.6) is 5.75 Å². The summed E-state index contributed by atoms with van der Waals surface area (Å²) in [5.74, 6) is 1.70. The Morgan fingerprint density at radius 1 is 1.33 bits per heavy atom. The maximum absolute atomic E-state index is 12.0. The van der Waals surface area contributed by atoms with Crippen LogP contribution in [0.2, 0.25) is 5.02 Å². The van der Waals surface area contributed by atoms with Crippen molar-refractivity contribution in [1.29, 1.82) is 0 Å². The van der Waals surface area contributed by atoms with Gasteiger partial charge in [-0.2, -0.15) is 0 Å². The number of carbonyl (C=O) groups is 1. The maximum Gasteiger partial charge on any atom is 0.224 e. The van der Waals surface area contributed by atoms with E-state index in [1.807, 2.05) is 6.07 Å². The van der Waals surface area contributed by atoms with Gasteiger partial charge in [0.15, 0.2) is 0 Å². The summed E-state index contributed by atoms with van der Waals surface area (Å²) >= 11 is 6.02. The fourth-order valence-corrected chi connectivity index (χ4v) is 2.61. The van der Waals surface area contributed by atoms with Crippen LogP contribution in [-0.4, -0.2) is 25.7 Å². The molecular formula is C16H20ClNO3. The molecule has 0 aromatic heterocycles. The molecule has 3 rings (SSSR count). The second-order valence-corrected chi connectivity index (χ2v) is 6.31. The molecular weight excluding hydrogens is 290 g/mol. The Bertz CT molecular complexity index is 510. The Labute approximate surface area is 129 Å². The fraction of sp³-hybridized carbons (Fsp3) is 0.562. The SMILES string of the molecule is O=C(CC1CC1)Nc1cc(Cl)ccc1OC[C@H]1CCOC1. The predicted octanol–water partition coefficient (Wildman–Crippen LogP) is 3.49. The van der Waals surface area contributed by atoms with Crippen molar-refractivity contribution >= 4 is 23.2 Å². The van der Waals surface area contributed by atoms with E-state index in [0.29, 0.717) is 41.3 Å². The number of carbonyl (C=O) groups excluding carboxylic acids is 1. The number of anilines is 1. The van der Waals surface area contributed by atoms with Crippen LogP contribution in [0.4, 0.5) is 5.69 Å². The minimum absolute atomic E-state index is 0.0359. The van der Waals surface area contributed by atoms with E-state index in [0.717, 1.165) is 32.5 Å². The van der Waals surface area contributed by atoms with E-state index in [9.17, 15) is 4.79 Å². The summed E-state index contributed by atoms with van der Waals surface area (Å²) < 4.78 is 11.2. The molecule has 1 saturated carbocycles. The summed E-state index contributed by atoms with van der Waals surface area (Å²) in [4.78, 5) is 12.0. The van der Waals surface area contributed by atoms with Gasteiger partial charge in [-0.05, 0) is 43.4 Å². The van der Waals surface area contributed by atoms with Crippen LogP contribution in [0, 0.1) is 11.8 Å². The molecule has 4 nitrogen and oxygen atoms in total. The number of halogens is 1. The van der Waals surface area contributed by atoms with Gasteiger partial charge in [-0.15, -0.1) is 0 Å². The molecule has 114 valence electrons. The van der Waals surface area contributed by atoms with Crippen molar-refractivity contribution in [3.05, 3.63) is 23.2 Å². The molecule has 2 fully saturated rings. The van der Waals surface area contributed by atoms with Crippen molar-refractivity contribution in [3.63, 3.8) is 0 Å². The molecule has 0 unspecified atom stereocenters. The van der Waals surface area contributed by atoms with E-state index in [4.69, 9.17) is 21.1 Å². The molecule has 0 spiro atoms. The van der Waals surface area contributed by atoms with Crippen LogP contribution < -0.4 is 10.1 Å². The molecule has 0 bridgehead atoms. The van der Waals surface area contributed by atoms with Crippen molar-refractivity contribution in [2.24, 2.45) is 11.8 Å². The first-order chi connectivity index (χ1) is 10.2. The number of hydrogen-bond donors (Lipinski definition) is 1. The minimum atomic E-state index is 0.0359. The van der Waals surface area contributed by atoms with Crippen LogP contribution in [0.15, 0.2) is 18.2 Å². The highest BCUT2D eigenvalue weighted by atomic mass is 35.5. The predicted molar refractivity (Wildman–Crippen MR) is 81.8 cm³/mol. The Morgan fingerprint density at radius 3 is 2.90 bits per heavy atom. The van der Waals surface area contributed by atoms with E-state index in [1.54, 1.807) is 12.1 Å². The van der Waals surface area contributed by atoms with Crippen molar-refractivity contribution in [3.8, 4) is 5.75 Å². The summed E-state index contributed by atoms with van der Waals surface area (Å²) in [5.41, 5.74) is 0.659. The van der Waals surface area contributed by atoms with E-state index >= 15 is 0 Å². The largest absolute Gasteiger partial charge is 0.491 e. The smallest absolute Gasteiger partial charge is 0.224 e. The molecule has 2 aliphatic rings. The van der Waals surface area contributed by atoms with Crippen LogP contribution in [0.25, 0.3) is 0 Å². The zero-order valence-corrected chi connectivity index (χ0v) is 12.7. The van der Waals surface area contributed by atoms with Gasteiger partial charge < -0.3 is 14.8 Å². The zero-order valence-electron chi connectivity index (χ0n) is 11.9. The second kappa shape index (κ2) is 6.67. The van der Waals surface area contributed by atoms with Gasteiger partial charge in [0.25, 0.3) is 0 Å². The van der Waals surface area contributed by atoms with E-state index in [2.05, 4.69) is 5.32 Å². The third-order valence-corrected chi connectivity index (χ3v) is 4.12. The summed E-state index contributed by atoms with van der Waals surface area (Å²) in [6.45, 7) is 2.16. The Morgan fingerprint density at radius 2 is 2.19 bits per heavy atom. The van der Waals surface area contributed by atoms with Gasteiger partial charge in [0, 0.05) is 24.0 Å². The van der Waals surface area contributed by atoms with Crippen molar-refractivity contribution in [2.45, 2.75) is 25.7 Å². The lowest BCUT2D eigenvalue weighted by Gasteiger charge is -2.15. The van der Waals surface area contributed by atoms with Gasteiger partial charge in [0.05, 0.1) is 18.9 Å². The van der Waals surface area contributed by atoms with Crippen molar-refractivity contribution < 1.29 is 14.3 Å². The van der Waals surface area contributed by atoms with Crippen molar-refractivity contribution in [2.75, 3.05) is 25.1 Å². The molecule has 1 aliphatic heterocycles. The molecule has 1 heterocycles. The highest BCUT2D eigenvalue weighted by Gasteiger charge is 2.25. The lowest BCUT2D eigenvalue weighted by Crippen LogP contribution is -2.15. The molecule has 1 aliphatic carbocycles.